The zero-order valence-electron chi connectivity index (χ0n) is 15.4. The number of Topliss-reactive ketones (excluding diaryl/α,β-unsaturated/α-hetero) is 1. The molecule has 1 spiro atoms. The third-order valence-electron chi connectivity index (χ3n) is 6.25. The number of nitrogens with one attached hydrogen (secondary N) is 1. The van der Waals surface area contributed by atoms with E-state index in [1.807, 2.05) is 5.51 Å². The van der Waals surface area contributed by atoms with E-state index in [1.54, 1.807) is 11.3 Å². The number of nitrogens with zero attached hydrogens (tertiary/aromatic N) is 1. The van der Waals surface area contributed by atoms with Crippen LogP contribution in [-0.2, 0) is 16.6 Å². The zero-order valence-corrected chi connectivity index (χ0v) is 16.2. The highest BCUT2D eigenvalue weighted by molar-refractivity contribution is 7.10. The molecule has 0 fully saturated rings. The minimum Gasteiger partial charge on any atom is -0.342 e. The maximum Gasteiger partial charge on any atom is 0.162 e. The van der Waals surface area contributed by atoms with Crippen molar-refractivity contribution < 1.29 is 4.79 Å². The predicted molar refractivity (Wildman–Crippen MR) is 106 cm³/mol. The zero-order chi connectivity index (χ0) is 17.9. The summed E-state index contributed by atoms with van der Waals surface area (Å²) < 4.78 is 0. The number of thiazole rings is 1. The molecule has 5 rings (SSSR count). The summed E-state index contributed by atoms with van der Waals surface area (Å²) in [6.07, 6.45) is 5.97. The smallest absolute Gasteiger partial charge is 0.162 e. The van der Waals surface area contributed by atoms with Gasteiger partial charge in [0.1, 0.15) is 5.82 Å². The third kappa shape index (κ3) is 2.18. The molecule has 1 atom stereocenters. The topological polar surface area (TPSA) is 42.0 Å². The highest BCUT2D eigenvalue weighted by Gasteiger charge is 2.52. The van der Waals surface area contributed by atoms with Crippen LogP contribution in [0.1, 0.15) is 62.0 Å². The number of fused-ring (bicyclic) bond motifs is 5. The number of ketones is 1. The van der Waals surface area contributed by atoms with Gasteiger partial charge < -0.3 is 5.32 Å². The van der Waals surface area contributed by atoms with Crippen LogP contribution in [0, 0.1) is 5.41 Å². The first-order valence-electron chi connectivity index (χ1n) is 9.57. The number of aryl methyl sites for hydroxylation is 1. The molecule has 0 radical (unpaired) electrons. The average Bonchev–Trinajstić information content (AvgIpc) is 2.98. The summed E-state index contributed by atoms with van der Waals surface area (Å²) in [4.78, 5) is 19.3. The molecule has 1 aromatic heterocycles. The van der Waals surface area contributed by atoms with Crippen LogP contribution in [0.15, 0.2) is 41.0 Å². The fourth-order valence-electron chi connectivity index (χ4n) is 5.31. The lowest BCUT2D eigenvalue weighted by Gasteiger charge is -2.45. The molecule has 4 heteroatoms. The van der Waals surface area contributed by atoms with Crippen LogP contribution in [0.2, 0.25) is 0 Å². The Morgan fingerprint density at radius 2 is 2.00 bits per heavy atom. The lowest BCUT2D eigenvalue weighted by Crippen LogP contribution is -2.43. The Morgan fingerprint density at radius 1 is 1.15 bits per heavy atom. The van der Waals surface area contributed by atoms with Gasteiger partial charge in [0.25, 0.3) is 0 Å². The summed E-state index contributed by atoms with van der Waals surface area (Å²) in [7, 11) is 0. The van der Waals surface area contributed by atoms with Gasteiger partial charge in [-0.05, 0) is 42.2 Å². The van der Waals surface area contributed by atoms with Crippen LogP contribution in [0.25, 0.3) is 0 Å². The summed E-state index contributed by atoms with van der Waals surface area (Å²) in [5, 5.41) is 3.55. The van der Waals surface area contributed by atoms with Gasteiger partial charge in [-0.25, -0.2) is 4.98 Å². The fourth-order valence-corrected chi connectivity index (χ4v) is 6.30. The molecule has 0 bridgehead atoms. The van der Waals surface area contributed by atoms with Crippen LogP contribution in [-0.4, -0.2) is 10.8 Å². The van der Waals surface area contributed by atoms with Gasteiger partial charge in [-0.1, -0.05) is 44.5 Å². The largest absolute Gasteiger partial charge is 0.342 e. The van der Waals surface area contributed by atoms with E-state index in [-0.39, 0.29) is 10.8 Å². The van der Waals surface area contributed by atoms with Crippen LogP contribution in [0.5, 0.6) is 0 Å². The number of anilines is 1. The Labute approximate surface area is 158 Å². The molecule has 2 aliphatic carbocycles. The molecule has 0 unspecified atom stereocenters. The number of carbonyl (C=O) groups excluding carboxylic acids is 1. The highest BCUT2D eigenvalue weighted by Crippen LogP contribution is 2.57. The third-order valence-corrected chi connectivity index (χ3v) is 7.24. The van der Waals surface area contributed by atoms with Crippen molar-refractivity contribution in [3.05, 3.63) is 57.1 Å². The van der Waals surface area contributed by atoms with Gasteiger partial charge in [-0.2, -0.15) is 0 Å². The Balaban J connectivity index is 1.85. The number of benzene rings is 1. The Morgan fingerprint density at radius 3 is 2.88 bits per heavy atom. The molecule has 0 amide bonds. The van der Waals surface area contributed by atoms with Gasteiger partial charge in [-0.15, -0.1) is 11.3 Å². The summed E-state index contributed by atoms with van der Waals surface area (Å²) in [6.45, 7) is 4.39. The molecule has 3 nitrogen and oxygen atoms in total. The Kier molecular flexibility index (Phi) is 3.45. The van der Waals surface area contributed by atoms with Crippen LogP contribution < -0.4 is 5.32 Å². The van der Waals surface area contributed by atoms with Gasteiger partial charge in [0.05, 0.1) is 15.8 Å². The van der Waals surface area contributed by atoms with Crippen molar-refractivity contribution in [3.8, 4) is 0 Å². The second kappa shape index (κ2) is 5.53. The fraction of sp³-hybridized carbons (Fsp3) is 0.455. The molecule has 2 heterocycles. The van der Waals surface area contributed by atoms with Crippen LogP contribution in [0.3, 0.4) is 0 Å². The molecular weight excluding hydrogens is 340 g/mol. The van der Waals surface area contributed by atoms with Gasteiger partial charge in [0.2, 0.25) is 0 Å². The van der Waals surface area contributed by atoms with E-state index in [1.165, 1.54) is 22.4 Å². The molecule has 1 aliphatic heterocycles. The number of hydrogen-bond donors (Lipinski definition) is 1. The van der Waals surface area contributed by atoms with E-state index in [0.717, 1.165) is 42.8 Å². The number of aromatic nitrogens is 1. The van der Waals surface area contributed by atoms with E-state index >= 15 is 0 Å². The first-order chi connectivity index (χ1) is 12.5. The Bertz CT molecular complexity index is 939. The van der Waals surface area contributed by atoms with Crippen molar-refractivity contribution in [2.75, 3.05) is 5.32 Å². The van der Waals surface area contributed by atoms with E-state index in [2.05, 4.69) is 48.4 Å². The first kappa shape index (κ1) is 16.2. The maximum atomic E-state index is 13.5. The van der Waals surface area contributed by atoms with E-state index < -0.39 is 0 Å². The Hall–Kier alpha value is -1.94. The van der Waals surface area contributed by atoms with Gasteiger partial charge in [0, 0.05) is 17.7 Å². The first-order valence-corrected chi connectivity index (χ1v) is 10.5. The molecule has 3 aliphatic rings. The standard InChI is InChI=1S/C22H24N2OS/c1-21(2)11-16-18(17(25)12-21)22(19-20(24-16)23-13-26-19)10-6-5-8-14-7-3-4-9-15(14)22/h3-4,7,9,13,24H,5-6,8,10-12H2,1-2H3/t22-/m0/s1. The van der Waals surface area contributed by atoms with Gasteiger partial charge in [-0.3, -0.25) is 4.79 Å². The highest BCUT2D eigenvalue weighted by atomic mass is 32.1. The van der Waals surface area contributed by atoms with Crippen molar-refractivity contribution in [1.29, 1.82) is 0 Å². The molecule has 1 N–H and O–H groups in total. The second-order valence-electron chi connectivity index (χ2n) is 8.72. The van der Waals surface area contributed by atoms with Crippen molar-refractivity contribution >= 4 is 22.9 Å². The van der Waals surface area contributed by atoms with E-state index in [9.17, 15) is 4.79 Å². The van der Waals surface area contributed by atoms with Gasteiger partial charge in [0.15, 0.2) is 5.78 Å². The van der Waals surface area contributed by atoms with Crippen molar-refractivity contribution in [2.24, 2.45) is 5.41 Å². The molecule has 134 valence electrons. The minimum absolute atomic E-state index is 0.00186. The van der Waals surface area contributed by atoms with Crippen LogP contribution >= 0.6 is 11.3 Å². The number of carbonyl (C=O) groups is 1. The minimum atomic E-state index is -0.308. The summed E-state index contributed by atoms with van der Waals surface area (Å²) in [5.74, 6) is 1.29. The number of hydrogen-bond acceptors (Lipinski definition) is 4. The van der Waals surface area contributed by atoms with E-state index in [4.69, 9.17) is 0 Å². The monoisotopic (exact) mass is 364 g/mol. The van der Waals surface area contributed by atoms with Crippen molar-refractivity contribution in [2.45, 2.75) is 57.8 Å². The summed E-state index contributed by atoms with van der Waals surface area (Å²) in [6, 6.07) is 8.77. The number of allylic oxidation sites excluding steroid dienone is 2. The lowest BCUT2D eigenvalue weighted by molar-refractivity contribution is -0.118. The normalized spacial score (nSPS) is 26.6. The molecular formula is C22H24N2OS. The molecule has 26 heavy (non-hydrogen) atoms. The quantitative estimate of drug-likeness (QED) is 0.696. The molecule has 1 aromatic carbocycles. The molecule has 2 aromatic rings. The predicted octanol–water partition coefficient (Wildman–Crippen LogP) is 5.22. The average molecular weight is 365 g/mol. The maximum absolute atomic E-state index is 13.5. The van der Waals surface area contributed by atoms with Crippen LogP contribution in [0.4, 0.5) is 5.82 Å². The molecule has 0 saturated carbocycles. The second-order valence-corrected chi connectivity index (χ2v) is 9.57. The van der Waals surface area contributed by atoms with Crippen molar-refractivity contribution in [1.82, 2.24) is 4.98 Å². The SMILES string of the molecule is CC1(C)CC(=O)C2=C(C1)Nc1ncsc1[C@]21CCCCc2ccccc21. The molecule has 0 saturated heterocycles. The van der Waals surface area contributed by atoms with Gasteiger partial charge >= 0.3 is 0 Å². The lowest BCUT2D eigenvalue weighted by atomic mass is 9.61. The van der Waals surface area contributed by atoms with Crippen molar-refractivity contribution in [3.63, 3.8) is 0 Å². The number of rotatable bonds is 0. The van der Waals surface area contributed by atoms with E-state index in [0.29, 0.717) is 12.2 Å². The summed E-state index contributed by atoms with van der Waals surface area (Å²) >= 11 is 1.70. The summed E-state index contributed by atoms with van der Waals surface area (Å²) in [5.41, 5.74) is 6.51.